The molecule has 1 unspecified atom stereocenters. The number of carbonyl (C=O) groups is 1. The van der Waals surface area contributed by atoms with E-state index in [9.17, 15) is 4.79 Å². The molecule has 1 aliphatic heterocycles. The zero-order chi connectivity index (χ0) is 10.5. The highest BCUT2D eigenvalue weighted by molar-refractivity contribution is 5.95. The number of ketones is 1. The molecule has 3 nitrogen and oxygen atoms in total. The van der Waals surface area contributed by atoms with Crippen molar-refractivity contribution in [2.45, 2.75) is 18.9 Å². The van der Waals surface area contributed by atoms with Gasteiger partial charge in [0.15, 0.2) is 5.78 Å². The molecule has 0 N–H and O–H groups in total. The van der Waals surface area contributed by atoms with Gasteiger partial charge in [0, 0.05) is 12.0 Å². The summed E-state index contributed by atoms with van der Waals surface area (Å²) in [5, 5.41) is 0. The molecule has 80 valence electrons. The van der Waals surface area contributed by atoms with Gasteiger partial charge in [0.25, 0.3) is 0 Å². The standard InChI is InChI=1S/C12H14O3/c13-12(10-4-2-1-3-5-10)7-6-11-8-14-9-15-11/h1-5,11H,6-9H2. The van der Waals surface area contributed by atoms with Crippen LogP contribution in [0.25, 0.3) is 0 Å². The Balaban J connectivity index is 1.82. The van der Waals surface area contributed by atoms with Crippen LogP contribution in [0.4, 0.5) is 0 Å². The molecule has 1 aliphatic rings. The minimum absolute atomic E-state index is 0.0951. The lowest BCUT2D eigenvalue weighted by molar-refractivity contribution is 0.0437. The van der Waals surface area contributed by atoms with Gasteiger partial charge in [0.1, 0.15) is 6.79 Å². The summed E-state index contributed by atoms with van der Waals surface area (Å²) in [6, 6.07) is 9.35. The molecule has 0 radical (unpaired) electrons. The number of Topliss-reactive ketones (excluding diaryl/α,β-unsaturated/α-hetero) is 1. The molecule has 1 saturated heterocycles. The molecule has 3 heteroatoms. The Hall–Kier alpha value is -1.19. The minimum Gasteiger partial charge on any atom is -0.353 e. The molecule has 15 heavy (non-hydrogen) atoms. The van der Waals surface area contributed by atoms with Crippen LogP contribution in [0.2, 0.25) is 0 Å². The van der Waals surface area contributed by atoms with E-state index in [0.717, 1.165) is 12.0 Å². The molecular weight excluding hydrogens is 192 g/mol. The largest absolute Gasteiger partial charge is 0.353 e. The highest BCUT2D eigenvalue weighted by Gasteiger charge is 2.17. The minimum atomic E-state index is 0.0951. The lowest BCUT2D eigenvalue weighted by Crippen LogP contribution is -2.11. The summed E-state index contributed by atoms with van der Waals surface area (Å²) in [7, 11) is 0. The molecule has 0 saturated carbocycles. The Morgan fingerprint density at radius 1 is 1.33 bits per heavy atom. The molecule has 0 bridgehead atoms. The average Bonchev–Trinajstić information content (AvgIpc) is 2.80. The first-order valence-corrected chi connectivity index (χ1v) is 5.14. The van der Waals surface area contributed by atoms with Crippen molar-refractivity contribution < 1.29 is 14.3 Å². The van der Waals surface area contributed by atoms with E-state index in [0.29, 0.717) is 19.8 Å². The van der Waals surface area contributed by atoms with E-state index in [1.54, 1.807) is 0 Å². The maximum Gasteiger partial charge on any atom is 0.162 e. The van der Waals surface area contributed by atoms with Gasteiger partial charge in [-0.2, -0.15) is 0 Å². The zero-order valence-corrected chi connectivity index (χ0v) is 8.52. The fourth-order valence-corrected chi connectivity index (χ4v) is 1.60. The highest BCUT2D eigenvalue weighted by Crippen LogP contribution is 2.12. The van der Waals surface area contributed by atoms with E-state index >= 15 is 0 Å². The summed E-state index contributed by atoms with van der Waals surface area (Å²) in [4.78, 5) is 11.7. The van der Waals surface area contributed by atoms with E-state index in [4.69, 9.17) is 9.47 Å². The summed E-state index contributed by atoms with van der Waals surface area (Å²) >= 11 is 0. The fraction of sp³-hybridized carbons (Fsp3) is 0.417. The van der Waals surface area contributed by atoms with Crippen LogP contribution < -0.4 is 0 Å². The van der Waals surface area contributed by atoms with Gasteiger partial charge in [0.05, 0.1) is 12.7 Å². The van der Waals surface area contributed by atoms with Crippen molar-refractivity contribution in [1.29, 1.82) is 0 Å². The number of benzene rings is 1. The molecule has 1 aromatic carbocycles. The second-order valence-electron chi connectivity index (χ2n) is 3.61. The molecule has 1 heterocycles. The average molecular weight is 206 g/mol. The number of ether oxygens (including phenoxy) is 2. The predicted octanol–water partition coefficient (Wildman–Crippen LogP) is 2.02. The van der Waals surface area contributed by atoms with Gasteiger partial charge < -0.3 is 9.47 Å². The van der Waals surface area contributed by atoms with Crippen LogP contribution in [0.1, 0.15) is 23.2 Å². The van der Waals surface area contributed by atoms with E-state index < -0.39 is 0 Å². The molecule has 1 aromatic rings. The zero-order valence-electron chi connectivity index (χ0n) is 8.52. The Morgan fingerprint density at radius 3 is 2.80 bits per heavy atom. The Kier molecular flexibility index (Phi) is 3.48. The van der Waals surface area contributed by atoms with E-state index in [1.165, 1.54) is 0 Å². The van der Waals surface area contributed by atoms with E-state index in [-0.39, 0.29) is 11.9 Å². The van der Waals surface area contributed by atoms with Gasteiger partial charge in [-0.05, 0) is 6.42 Å². The lowest BCUT2D eigenvalue weighted by atomic mass is 10.0. The van der Waals surface area contributed by atoms with Crippen molar-refractivity contribution in [1.82, 2.24) is 0 Å². The first kappa shape index (κ1) is 10.3. The molecule has 1 atom stereocenters. The summed E-state index contributed by atoms with van der Waals surface area (Å²) in [5.41, 5.74) is 0.774. The monoisotopic (exact) mass is 206 g/mol. The van der Waals surface area contributed by atoms with Crippen LogP contribution in [-0.2, 0) is 9.47 Å². The van der Waals surface area contributed by atoms with Crippen LogP contribution in [0.5, 0.6) is 0 Å². The maximum atomic E-state index is 11.7. The summed E-state index contributed by atoms with van der Waals surface area (Å²) in [6.07, 6.45) is 1.36. The van der Waals surface area contributed by atoms with Gasteiger partial charge >= 0.3 is 0 Å². The Morgan fingerprint density at radius 2 is 2.13 bits per heavy atom. The van der Waals surface area contributed by atoms with Gasteiger partial charge in [-0.3, -0.25) is 4.79 Å². The van der Waals surface area contributed by atoms with Gasteiger partial charge in [-0.15, -0.1) is 0 Å². The third-order valence-electron chi connectivity index (χ3n) is 2.48. The smallest absolute Gasteiger partial charge is 0.162 e. The van der Waals surface area contributed by atoms with Gasteiger partial charge in [-0.1, -0.05) is 30.3 Å². The van der Waals surface area contributed by atoms with Crippen LogP contribution in [0.15, 0.2) is 30.3 Å². The number of hydrogen-bond donors (Lipinski definition) is 0. The normalized spacial score (nSPS) is 20.4. The van der Waals surface area contributed by atoms with E-state index in [2.05, 4.69) is 0 Å². The van der Waals surface area contributed by atoms with E-state index in [1.807, 2.05) is 30.3 Å². The van der Waals surface area contributed by atoms with Gasteiger partial charge in [-0.25, -0.2) is 0 Å². The molecule has 0 amide bonds. The molecule has 0 aromatic heterocycles. The third-order valence-corrected chi connectivity index (χ3v) is 2.48. The van der Waals surface area contributed by atoms with Crippen molar-refractivity contribution in [3.63, 3.8) is 0 Å². The maximum absolute atomic E-state index is 11.7. The molecular formula is C12H14O3. The predicted molar refractivity (Wildman–Crippen MR) is 55.7 cm³/mol. The molecule has 0 aliphatic carbocycles. The van der Waals surface area contributed by atoms with Crippen molar-refractivity contribution in [2.24, 2.45) is 0 Å². The van der Waals surface area contributed by atoms with Crippen molar-refractivity contribution in [2.75, 3.05) is 13.4 Å². The number of carbonyl (C=O) groups excluding carboxylic acids is 1. The van der Waals surface area contributed by atoms with Crippen molar-refractivity contribution >= 4 is 5.78 Å². The second kappa shape index (κ2) is 5.05. The number of rotatable bonds is 4. The lowest BCUT2D eigenvalue weighted by Gasteiger charge is -2.05. The summed E-state index contributed by atoms with van der Waals surface area (Å²) in [6.45, 7) is 0.978. The number of hydrogen-bond acceptors (Lipinski definition) is 3. The molecule has 1 fully saturated rings. The second-order valence-corrected chi connectivity index (χ2v) is 3.61. The topological polar surface area (TPSA) is 35.5 Å². The highest BCUT2D eigenvalue weighted by atomic mass is 16.7. The van der Waals surface area contributed by atoms with Crippen molar-refractivity contribution in [3.05, 3.63) is 35.9 Å². The first-order valence-electron chi connectivity index (χ1n) is 5.14. The summed E-state index contributed by atoms with van der Waals surface area (Å²) in [5.74, 6) is 0.172. The molecule has 0 spiro atoms. The molecule has 2 rings (SSSR count). The van der Waals surface area contributed by atoms with Crippen LogP contribution in [-0.4, -0.2) is 25.3 Å². The van der Waals surface area contributed by atoms with Crippen LogP contribution in [0, 0.1) is 0 Å². The quantitative estimate of drug-likeness (QED) is 0.707. The van der Waals surface area contributed by atoms with Crippen LogP contribution in [0.3, 0.4) is 0 Å². The van der Waals surface area contributed by atoms with Crippen LogP contribution >= 0.6 is 0 Å². The Bertz CT molecular complexity index is 315. The Labute approximate surface area is 89.0 Å². The fourth-order valence-electron chi connectivity index (χ4n) is 1.60. The summed E-state index contributed by atoms with van der Waals surface area (Å²) < 4.78 is 10.3. The van der Waals surface area contributed by atoms with Crippen molar-refractivity contribution in [3.8, 4) is 0 Å². The first-order chi connectivity index (χ1) is 7.36. The van der Waals surface area contributed by atoms with Gasteiger partial charge in [0.2, 0.25) is 0 Å². The third kappa shape index (κ3) is 2.88. The SMILES string of the molecule is O=C(CCC1COCO1)c1ccccc1.